The molecule has 1 saturated carbocycles. The van der Waals surface area contributed by atoms with Crippen molar-refractivity contribution in [1.29, 1.82) is 0 Å². The molecule has 6 heteroatoms. The van der Waals surface area contributed by atoms with E-state index in [0.29, 0.717) is 11.3 Å². The van der Waals surface area contributed by atoms with Crippen molar-refractivity contribution < 1.29 is 8.95 Å². The Morgan fingerprint density at radius 1 is 1.31 bits per heavy atom. The minimum Gasteiger partial charge on any atom is -0.497 e. The van der Waals surface area contributed by atoms with Gasteiger partial charge in [0, 0.05) is 41.4 Å². The minimum atomic E-state index is -0.691. The summed E-state index contributed by atoms with van der Waals surface area (Å²) in [6, 6.07) is 8.60. The molecule has 3 atom stereocenters. The van der Waals surface area contributed by atoms with E-state index in [0.717, 1.165) is 62.5 Å². The number of hydrogen-bond donors (Lipinski definition) is 2. The van der Waals surface area contributed by atoms with Crippen LogP contribution in [0.2, 0.25) is 0 Å². The van der Waals surface area contributed by atoms with Gasteiger partial charge < -0.3 is 15.4 Å². The topological polar surface area (TPSA) is 62.7 Å². The van der Waals surface area contributed by atoms with Gasteiger partial charge in [-0.3, -0.25) is 9.20 Å². The second-order valence-electron chi connectivity index (χ2n) is 6.75. The SMILES string of the molecule is CCS(=O)C1CCCC(NC(=NC)NCCCc2ccc(OC)cc2)C1. The molecule has 1 aliphatic carbocycles. The lowest BCUT2D eigenvalue weighted by Crippen LogP contribution is -2.46. The maximum atomic E-state index is 12.1. The van der Waals surface area contributed by atoms with E-state index >= 15 is 0 Å². The molecule has 1 aromatic rings. The molecule has 1 aromatic carbocycles. The fourth-order valence-electron chi connectivity index (χ4n) is 3.43. The molecule has 0 saturated heterocycles. The van der Waals surface area contributed by atoms with Crippen LogP contribution in [0.25, 0.3) is 0 Å². The second kappa shape index (κ2) is 11.2. The number of benzene rings is 1. The molecule has 2 N–H and O–H groups in total. The molecule has 0 aromatic heterocycles. The van der Waals surface area contributed by atoms with E-state index in [4.69, 9.17) is 4.74 Å². The molecule has 5 nitrogen and oxygen atoms in total. The van der Waals surface area contributed by atoms with Gasteiger partial charge in [-0.25, -0.2) is 0 Å². The van der Waals surface area contributed by atoms with E-state index < -0.39 is 10.8 Å². The van der Waals surface area contributed by atoms with Crippen molar-refractivity contribution in [2.75, 3.05) is 26.5 Å². The van der Waals surface area contributed by atoms with Gasteiger partial charge in [0.2, 0.25) is 0 Å². The smallest absolute Gasteiger partial charge is 0.191 e. The third-order valence-corrected chi connectivity index (χ3v) is 6.68. The number of nitrogens with one attached hydrogen (secondary N) is 2. The Labute approximate surface area is 160 Å². The van der Waals surface area contributed by atoms with Crippen LogP contribution in [0.1, 0.15) is 44.6 Å². The van der Waals surface area contributed by atoms with Gasteiger partial charge in [-0.05, 0) is 49.8 Å². The van der Waals surface area contributed by atoms with Gasteiger partial charge >= 0.3 is 0 Å². The molecule has 0 aliphatic heterocycles. The number of hydrogen-bond acceptors (Lipinski definition) is 3. The van der Waals surface area contributed by atoms with E-state index in [1.807, 2.05) is 26.1 Å². The van der Waals surface area contributed by atoms with Crippen LogP contribution in [0, 0.1) is 0 Å². The molecule has 146 valence electrons. The van der Waals surface area contributed by atoms with Crippen LogP contribution in [0.4, 0.5) is 0 Å². The molecule has 0 radical (unpaired) electrons. The van der Waals surface area contributed by atoms with Gasteiger partial charge in [-0.15, -0.1) is 0 Å². The quantitative estimate of drug-likeness (QED) is 0.414. The highest BCUT2D eigenvalue weighted by Crippen LogP contribution is 2.23. The summed E-state index contributed by atoms with van der Waals surface area (Å²) in [5.41, 5.74) is 1.31. The summed E-state index contributed by atoms with van der Waals surface area (Å²) in [6.45, 7) is 2.89. The molecule has 3 unspecified atom stereocenters. The highest BCUT2D eigenvalue weighted by Gasteiger charge is 2.25. The standard InChI is InChI=1S/C20H33N3O2S/c1-4-26(24)19-9-5-8-17(15-19)23-20(21-2)22-14-6-7-16-10-12-18(25-3)13-11-16/h10-13,17,19H,4-9,14-15H2,1-3H3,(H2,21,22,23). The second-order valence-corrected chi connectivity index (χ2v) is 8.76. The molecule has 0 bridgehead atoms. The number of methoxy groups -OCH3 is 1. The zero-order valence-corrected chi connectivity index (χ0v) is 17.1. The summed E-state index contributed by atoms with van der Waals surface area (Å²) in [4.78, 5) is 4.34. The Kier molecular flexibility index (Phi) is 8.95. The van der Waals surface area contributed by atoms with E-state index in [9.17, 15) is 4.21 Å². The van der Waals surface area contributed by atoms with E-state index in [1.165, 1.54) is 5.56 Å². The summed E-state index contributed by atoms with van der Waals surface area (Å²) in [7, 11) is 2.80. The first-order chi connectivity index (χ1) is 12.7. The first kappa shape index (κ1) is 20.7. The van der Waals surface area contributed by atoms with Crippen molar-refractivity contribution in [2.45, 2.75) is 56.7 Å². The fraction of sp³-hybridized carbons (Fsp3) is 0.650. The minimum absolute atomic E-state index is 0.333. The number of rotatable bonds is 8. The van der Waals surface area contributed by atoms with E-state index in [2.05, 4.69) is 27.8 Å². The van der Waals surface area contributed by atoms with Crippen molar-refractivity contribution in [3.05, 3.63) is 29.8 Å². The monoisotopic (exact) mass is 379 g/mol. The van der Waals surface area contributed by atoms with Crippen molar-refractivity contribution in [3.63, 3.8) is 0 Å². The van der Waals surface area contributed by atoms with Crippen LogP contribution in [-0.2, 0) is 17.2 Å². The maximum Gasteiger partial charge on any atom is 0.191 e. The van der Waals surface area contributed by atoms with Crippen molar-refractivity contribution in [3.8, 4) is 5.75 Å². The molecule has 0 amide bonds. The highest BCUT2D eigenvalue weighted by molar-refractivity contribution is 7.85. The Hall–Kier alpha value is -1.56. The van der Waals surface area contributed by atoms with Gasteiger partial charge in [0.25, 0.3) is 0 Å². The first-order valence-corrected chi connectivity index (χ1v) is 11.0. The Morgan fingerprint density at radius 2 is 2.08 bits per heavy atom. The normalized spacial score (nSPS) is 21.9. The zero-order valence-electron chi connectivity index (χ0n) is 16.3. The van der Waals surface area contributed by atoms with Gasteiger partial charge in [0.05, 0.1) is 7.11 Å². The Morgan fingerprint density at radius 3 is 2.73 bits per heavy atom. The molecule has 1 aliphatic rings. The molecule has 0 spiro atoms. The van der Waals surface area contributed by atoms with Crippen LogP contribution >= 0.6 is 0 Å². The molecule has 26 heavy (non-hydrogen) atoms. The summed E-state index contributed by atoms with van der Waals surface area (Å²) in [5.74, 6) is 2.51. The summed E-state index contributed by atoms with van der Waals surface area (Å²) >= 11 is 0. The lowest BCUT2D eigenvalue weighted by atomic mass is 9.95. The summed E-state index contributed by atoms with van der Waals surface area (Å²) in [6.07, 6.45) is 6.40. The maximum absolute atomic E-state index is 12.1. The summed E-state index contributed by atoms with van der Waals surface area (Å²) < 4.78 is 17.3. The number of aryl methyl sites for hydroxylation is 1. The molecule has 1 fully saturated rings. The number of aliphatic imine (C=N–C) groups is 1. The van der Waals surface area contributed by atoms with Crippen LogP contribution in [-0.4, -0.2) is 47.9 Å². The van der Waals surface area contributed by atoms with Crippen LogP contribution in [0.15, 0.2) is 29.3 Å². The van der Waals surface area contributed by atoms with E-state index in [-0.39, 0.29) is 0 Å². The van der Waals surface area contributed by atoms with Crippen LogP contribution in [0.3, 0.4) is 0 Å². The summed E-state index contributed by atoms with van der Waals surface area (Å²) in [5, 5.41) is 7.25. The predicted molar refractivity (Wildman–Crippen MR) is 111 cm³/mol. The van der Waals surface area contributed by atoms with Crippen molar-refractivity contribution in [2.24, 2.45) is 4.99 Å². The molecular formula is C20H33N3O2S. The Balaban J connectivity index is 1.71. The predicted octanol–water partition coefficient (Wildman–Crippen LogP) is 2.87. The zero-order chi connectivity index (χ0) is 18.8. The molecule has 2 rings (SSSR count). The molecule has 0 heterocycles. The number of ether oxygens (including phenoxy) is 1. The van der Waals surface area contributed by atoms with Crippen molar-refractivity contribution >= 4 is 16.8 Å². The Bertz CT molecular complexity index is 589. The number of guanidine groups is 1. The third-order valence-electron chi connectivity index (χ3n) is 4.94. The lowest BCUT2D eigenvalue weighted by Gasteiger charge is -2.30. The fourth-order valence-corrected chi connectivity index (χ4v) is 4.78. The van der Waals surface area contributed by atoms with Crippen LogP contribution in [0.5, 0.6) is 5.75 Å². The lowest BCUT2D eigenvalue weighted by molar-refractivity contribution is 0.413. The highest BCUT2D eigenvalue weighted by atomic mass is 32.2. The number of nitrogens with zero attached hydrogens (tertiary/aromatic N) is 1. The third kappa shape index (κ3) is 6.63. The van der Waals surface area contributed by atoms with Gasteiger partial charge in [0.1, 0.15) is 5.75 Å². The average Bonchev–Trinajstić information content (AvgIpc) is 2.70. The largest absolute Gasteiger partial charge is 0.497 e. The van der Waals surface area contributed by atoms with E-state index in [1.54, 1.807) is 7.11 Å². The van der Waals surface area contributed by atoms with Gasteiger partial charge in [-0.1, -0.05) is 25.5 Å². The molecular weight excluding hydrogens is 346 g/mol. The van der Waals surface area contributed by atoms with Gasteiger partial charge in [0.15, 0.2) is 5.96 Å². The van der Waals surface area contributed by atoms with Crippen LogP contribution < -0.4 is 15.4 Å². The first-order valence-electron chi connectivity index (χ1n) is 9.63. The van der Waals surface area contributed by atoms with Gasteiger partial charge in [-0.2, -0.15) is 0 Å². The van der Waals surface area contributed by atoms with Crippen molar-refractivity contribution in [1.82, 2.24) is 10.6 Å². The average molecular weight is 380 g/mol.